The SMILES string of the molecule is c1ccc(-c2cccc(-c3nc(-c4nc5c6ccccc6c6sc7ccccc7c6c5c5ccccc45)nc4ccccc34)c2)cc1. The van der Waals surface area contributed by atoms with Crippen molar-refractivity contribution in [3.8, 4) is 33.9 Å². The molecule has 0 fully saturated rings. The van der Waals surface area contributed by atoms with Crippen molar-refractivity contribution in [1.29, 1.82) is 0 Å². The van der Waals surface area contributed by atoms with Crippen molar-refractivity contribution in [2.45, 2.75) is 0 Å². The monoisotopic (exact) mass is 615 g/mol. The number of rotatable bonds is 3. The van der Waals surface area contributed by atoms with Gasteiger partial charge in [0, 0.05) is 52.7 Å². The van der Waals surface area contributed by atoms with Gasteiger partial charge in [-0.1, -0.05) is 133 Å². The zero-order chi connectivity index (χ0) is 30.9. The van der Waals surface area contributed by atoms with Gasteiger partial charge in [-0.3, -0.25) is 0 Å². The number of thiophene rings is 1. The molecule has 0 saturated carbocycles. The van der Waals surface area contributed by atoms with E-state index in [9.17, 15) is 0 Å². The Hall–Kier alpha value is -5.97. The van der Waals surface area contributed by atoms with Crippen molar-refractivity contribution < 1.29 is 0 Å². The lowest BCUT2D eigenvalue weighted by molar-refractivity contribution is 1.20. The second kappa shape index (κ2) is 10.3. The number of para-hydroxylation sites is 1. The first-order chi connectivity index (χ1) is 23.3. The molecule has 0 aliphatic carbocycles. The van der Waals surface area contributed by atoms with Gasteiger partial charge >= 0.3 is 0 Å². The molecule has 0 aliphatic rings. The second-order valence-electron chi connectivity index (χ2n) is 11.9. The molecule has 0 atom stereocenters. The summed E-state index contributed by atoms with van der Waals surface area (Å²) >= 11 is 1.86. The third kappa shape index (κ3) is 4.02. The van der Waals surface area contributed by atoms with Gasteiger partial charge in [-0.05, 0) is 34.7 Å². The van der Waals surface area contributed by atoms with Crippen LogP contribution in [-0.4, -0.2) is 15.0 Å². The van der Waals surface area contributed by atoms with Crippen LogP contribution in [0.3, 0.4) is 0 Å². The largest absolute Gasteiger partial charge is 0.243 e. The van der Waals surface area contributed by atoms with Gasteiger partial charge in [0.05, 0.1) is 16.7 Å². The van der Waals surface area contributed by atoms with Gasteiger partial charge in [-0.2, -0.15) is 0 Å². The first kappa shape index (κ1) is 26.3. The lowest BCUT2D eigenvalue weighted by Crippen LogP contribution is -1.99. The summed E-state index contributed by atoms with van der Waals surface area (Å²) in [6.45, 7) is 0. The van der Waals surface area contributed by atoms with Gasteiger partial charge < -0.3 is 0 Å². The van der Waals surface area contributed by atoms with Gasteiger partial charge in [-0.25, -0.2) is 15.0 Å². The molecule has 10 aromatic rings. The Balaban J connectivity index is 1.32. The highest BCUT2D eigenvalue weighted by Crippen LogP contribution is 2.46. The highest BCUT2D eigenvalue weighted by Gasteiger charge is 2.21. The van der Waals surface area contributed by atoms with Crippen LogP contribution in [-0.2, 0) is 0 Å². The second-order valence-corrected chi connectivity index (χ2v) is 13.0. The number of hydrogen-bond donors (Lipinski definition) is 0. The maximum Gasteiger partial charge on any atom is 0.179 e. The van der Waals surface area contributed by atoms with Gasteiger partial charge in [0.25, 0.3) is 0 Å². The van der Waals surface area contributed by atoms with Crippen LogP contribution < -0.4 is 0 Å². The van der Waals surface area contributed by atoms with Crippen LogP contribution in [0.25, 0.3) is 97.4 Å². The number of nitrogens with zero attached hydrogens (tertiary/aromatic N) is 3. The minimum absolute atomic E-state index is 0.626. The molecule has 0 N–H and O–H groups in total. The van der Waals surface area contributed by atoms with E-state index in [1.54, 1.807) is 0 Å². The number of fused-ring (bicyclic) bond motifs is 11. The molecule has 3 heterocycles. The van der Waals surface area contributed by atoms with Crippen LogP contribution in [0.1, 0.15) is 0 Å². The van der Waals surface area contributed by atoms with Crippen LogP contribution in [0.15, 0.2) is 152 Å². The Bertz CT molecular complexity index is 2850. The number of benzene rings is 7. The molecule has 218 valence electrons. The first-order valence-electron chi connectivity index (χ1n) is 15.8. The zero-order valence-electron chi connectivity index (χ0n) is 25.2. The van der Waals surface area contributed by atoms with Crippen LogP contribution >= 0.6 is 11.3 Å². The Kier molecular flexibility index (Phi) is 5.74. The summed E-state index contributed by atoms with van der Waals surface area (Å²) in [7, 11) is 0. The Morgan fingerprint density at radius 2 is 1.02 bits per heavy atom. The molecule has 3 aromatic heterocycles. The molecule has 3 nitrogen and oxygen atoms in total. The summed E-state index contributed by atoms with van der Waals surface area (Å²) in [6, 6.07) is 53.4. The lowest BCUT2D eigenvalue weighted by atomic mass is 9.95. The Morgan fingerprint density at radius 1 is 0.383 bits per heavy atom. The standard InChI is InChI=1S/C43H25N3S/c1-2-13-26(14-3-1)27-15-12-16-28(25-27)39-33-21-8-10-23-35(33)44-43(46-39)41-30-18-5-4-17-29(30)37-38-34-22-9-11-24-36(34)47-42(38)32-20-7-6-19-31(32)40(37)45-41/h1-25H. The molecule has 10 rings (SSSR count). The first-order valence-corrected chi connectivity index (χ1v) is 16.6. The van der Waals surface area contributed by atoms with Gasteiger partial charge in [0.1, 0.15) is 5.69 Å². The molecule has 0 bridgehead atoms. The fourth-order valence-corrected chi connectivity index (χ4v) is 8.38. The van der Waals surface area contributed by atoms with Crippen molar-refractivity contribution in [3.63, 3.8) is 0 Å². The Morgan fingerprint density at radius 3 is 1.87 bits per heavy atom. The summed E-state index contributed by atoms with van der Waals surface area (Å²) < 4.78 is 2.59. The van der Waals surface area contributed by atoms with E-state index in [1.807, 2.05) is 23.5 Å². The van der Waals surface area contributed by atoms with Gasteiger partial charge in [0.2, 0.25) is 0 Å². The predicted octanol–water partition coefficient (Wildman–Crippen LogP) is 11.9. The minimum atomic E-state index is 0.626. The van der Waals surface area contributed by atoms with Gasteiger partial charge in [-0.15, -0.1) is 11.3 Å². The maximum atomic E-state index is 5.52. The molecule has 0 spiro atoms. The summed E-state index contributed by atoms with van der Waals surface area (Å²) in [5.74, 6) is 0.626. The highest BCUT2D eigenvalue weighted by atomic mass is 32.1. The fourth-order valence-electron chi connectivity index (χ4n) is 7.13. The smallest absolute Gasteiger partial charge is 0.179 e. The summed E-state index contributed by atoms with van der Waals surface area (Å²) in [5.41, 5.74) is 6.95. The molecule has 4 heteroatoms. The van der Waals surface area contributed by atoms with Crippen LogP contribution in [0.5, 0.6) is 0 Å². The summed E-state index contributed by atoms with van der Waals surface area (Å²) in [6.07, 6.45) is 0. The van der Waals surface area contributed by atoms with E-state index in [0.717, 1.165) is 55.1 Å². The molecular weight excluding hydrogens is 591 g/mol. The normalized spacial score (nSPS) is 11.8. The summed E-state index contributed by atoms with van der Waals surface area (Å²) in [4.78, 5) is 16.0. The molecule has 0 unspecified atom stereocenters. The molecule has 47 heavy (non-hydrogen) atoms. The molecular formula is C43H25N3S. The molecule has 0 radical (unpaired) electrons. The average Bonchev–Trinajstić information content (AvgIpc) is 3.54. The van der Waals surface area contributed by atoms with E-state index >= 15 is 0 Å². The predicted molar refractivity (Wildman–Crippen MR) is 199 cm³/mol. The van der Waals surface area contributed by atoms with Crippen LogP contribution in [0, 0.1) is 0 Å². The molecule has 0 aliphatic heterocycles. The average molecular weight is 616 g/mol. The zero-order valence-corrected chi connectivity index (χ0v) is 26.0. The third-order valence-electron chi connectivity index (χ3n) is 9.24. The Labute approximate surface area is 274 Å². The van der Waals surface area contributed by atoms with E-state index in [-0.39, 0.29) is 0 Å². The van der Waals surface area contributed by atoms with E-state index in [4.69, 9.17) is 15.0 Å². The molecule has 0 saturated heterocycles. The van der Waals surface area contributed by atoms with Crippen molar-refractivity contribution >= 4 is 74.9 Å². The third-order valence-corrected chi connectivity index (χ3v) is 10.4. The molecule has 0 amide bonds. The van der Waals surface area contributed by atoms with E-state index in [0.29, 0.717) is 5.82 Å². The maximum absolute atomic E-state index is 5.52. The summed E-state index contributed by atoms with van der Waals surface area (Å²) in [5, 5.41) is 9.32. The van der Waals surface area contributed by atoms with E-state index in [2.05, 4.69) is 140 Å². The quantitative estimate of drug-likeness (QED) is 0.186. The fraction of sp³-hybridized carbons (Fsp3) is 0. The van der Waals surface area contributed by atoms with Crippen molar-refractivity contribution in [2.75, 3.05) is 0 Å². The van der Waals surface area contributed by atoms with Crippen molar-refractivity contribution in [2.24, 2.45) is 0 Å². The van der Waals surface area contributed by atoms with Crippen molar-refractivity contribution in [1.82, 2.24) is 15.0 Å². The number of pyridine rings is 1. The van der Waals surface area contributed by atoms with E-state index in [1.165, 1.54) is 36.5 Å². The number of hydrogen-bond acceptors (Lipinski definition) is 4. The topological polar surface area (TPSA) is 38.7 Å². The minimum Gasteiger partial charge on any atom is -0.243 e. The van der Waals surface area contributed by atoms with Crippen LogP contribution in [0.2, 0.25) is 0 Å². The lowest BCUT2D eigenvalue weighted by Gasteiger charge is -2.15. The van der Waals surface area contributed by atoms with Crippen LogP contribution in [0.4, 0.5) is 0 Å². The highest BCUT2D eigenvalue weighted by molar-refractivity contribution is 7.27. The molecule has 7 aromatic carbocycles. The number of aromatic nitrogens is 3. The van der Waals surface area contributed by atoms with Gasteiger partial charge in [0.15, 0.2) is 5.82 Å². The van der Waals surface area contributed by atoms with E-state index < -0.39 is 0 Å². The van der Waals surface area contributed by atoms with Crippen molar-refractivity contribution in [3.05, 3.63) is 152 Å².